The number of carbonyl (C=O) groups excluding carboxylic acids is 1. The van der Waals surface area contributed by atoms with E-state index in [2.05, 4.69) is 5.32 Å². The van der Waals surface area contributed by atoms with Crippen LogP contribution in [0.2, 0.25) is 5.02 Å². The summed E-state index contributed by atoms with van der Waals surface area (Å²) in [5.74, 6) is 1.04. The molecule has 0 spiro atoms. The summed E-state index contributed by atoms with van der Waals surface area (Å²) in [6, 6.07) is 7.66. The smallest absolute Gasteiger partial charge is 0.221 e. The van der Waals surface area contributed by atoms with Gasteiger partial charge in [0, 0.05) is 29.7 Å². The number of hydrogen-bond donors (Lipinski definition) is 2. The zero-order chi connectivity index (χ0) is 15.0. The summed E-state index contributed by atoms with van der Waals surface area (Å²) in [6.45, 7) is 4.18. The Morgan fingerprint density at radius 2 is 2.10 bits per heavy atom. The minimum atomic E-state index is 0.0247. The molecule has 3 nitrogen and oxygen atoms in total. The number of benzene rings is 1. The van der Waals surface area contributed by atoms with Crippen LogP contribution >= 0.6 is 23.4 Å². The van der Waals surface area contributed by atoms with Gasteiger partial charge < -0.3 is 10.4 Å². The van der Waals surface area contributed by atoms with Gasteiger partial charge in [-0.25, -0.2) is 0 Å². The van der Waals surface area contributed by atoms with Crippen molar-refractivity contribution in [1.29, 1.82) is 0 Å². The van der Waals surface area contributed by atoms with Gasteiger partial charge in [0.05, 0.1) is 5.02 Å². The molecule has 0 saturated heterocycles. The van der Waals surface area contributed by atoms with Crippen LogP contribution in [0.15, 0.2) is 29.2 Å². The summed E-state index contributed by atoms with van der Waals surface area (Å²) >= 11 is 7.64. The zero-order valence-electron chi connectivity index (χ0n) is 11.9. The normalized spacial score (nSPS) is 12.4. The second-order valence-electron chi connectivity index (χ2n) is 4.96. The van der Waals surface area contributed by atoms with E-state index in [4.69, 9.17) is 16.7 Å². The Bertz CT molecular complexity index is 426. The van der Waals surface area contributed by atoms with Crippen LogP contribution in [0.5, 0.6) is 0 Å². The van der Waals surface area contributed by atoms with Gasteiger partial charge in [-0.2, -0.15) is 0 Å². The monoisotopic (exact) mass is 315 g/mol. The van der Waals surface area contributed by atoms with Crippen molar-refractivity contribution in [2.45, 2.75) is 37.6 Å². The second-order valence-corrected chi connectivity index (χ2v) is 6.50. The van der Waals surface area contributed by atoms with Gasteiger partial charge >= 0.3 is 0 Å². The Balaban J connectivity index is 2.34. The second kappa shape index (κ2) is 9.27. The van der Waals surface area contributed by atoms with E-state index < -0.39 is 0 Å². The number of halogens is 1. The van der Waals surface area contributed by atoms with Crippen molar-refractivity contribution >= 4 is 29.3 Å². The Morgan fingerprint density at radius 3 is 2.70 bits per heavy atom. The van der Waals surface area contributed by atoms with Gasteiger partial charge in [-0.1, -0.05) is 37.6 Å². The molecule has 0 heterocycles. The minimum absolute atomic E-state index is 0.0247. The maximum Gasteiger partial charge on any atom is 0.221 e. The molecule has 1 aromatic rings. The van der Waals surface area contributed by atoms with Crippen LogP contribution in [0.25, 0.3) is 0 Å². The highest BCUT2D eigenvalue weighted by molar-refractivity contribution is 7.99. The quantitative estimate of drug-likeness (QED) is 0.723. The molecule has 0 aliphatic carbocycles. The maximum absolute atomic E-state index is 11.9. The Morgan fingerprint density at radius 1 is 1.40 bits per heavy atom. The third kappa shape index (κ3) is 6.16. The lowest BCUT2D eigenvalue weighted by Crippen LogP contribution is -2.39. The van der Waals surface area contributed by atoms with Gasteiger partial charge in [-0.15, -0.1) is 11.8 Å². The molecule has 1 aromatic carbocycles. The average Bonchev–Trinajstić information content (AvgIpc) is 2.40. The van der Waals surface area contributed by atoms with E-state index in [0.29, 0.717) is 24.5 Å². The summed E-state index contributed by atoms with van der Waals surface area (Å²) in [4.78, 5) is 12.9. The standard InChI is InChI=1S/C15H22ClNO2S/c1-11(2)13(7-9-18)17-15(19)8-10-20-14-6-4-3-5-12(14)16/h3-6,11,13,18H,7-10H2,1-2H3,(H,17,19). The molecule has 1 unspecified atom stereocenters. The molecule has 0 bridgehead atoms. The van der Waals surface area contributed by atoms with Crippen molar-refractivity contribution in [1.82, 2.24) is 5.32 Å². The van der Waals surface area contributed by atoms with E-state index in [1.807, 2.05) is 38.1 Å². The molecule has 20 heavy (non-hydrogen) atoms. The lowest BCUT2D eigenvalue weighted by molar-refractivity contribution is -0.121. The van der Waals surface area contributed by atoms with Crippen molar-refractivity contribution in [3.05, 3.63) is 29.3 Å². The van der Waals surface area contributed by atoms with Crippen molar-refractivity contribution in [3.63, 3.8) is 0 Å². The van der Waals surface area contributed by atoms with Crippen LogP contribution in [0.4, 0.5) is 0 Å². The predicted octanol–water partition coefficient (Wildman–Crippen LogP) is 3.35. The van der Waals surface area contributed by atoms with E-state index in [-0.39, 0.29) is 18.6 Å². The number of carbonyl (C=O) groups is 1. The number of aliphatic hydroxyl groups excluding tert-OH is 1. The highest BCUT2D eigenvalue weighted by atomic mass is 35.5. The van der Waals surface area contributed by atoms with E-state index in [1.165, 1.54) is 0 Å². The molecule has 1 rings (SSSR count). The SMILES string of the molecule is CC(C)C(CCO)NC(=O)CCSc1ccccc1Cl. The summed E-state index contributed by atoms with van der Waals surface area (Å²) in [5, 5.41) is 12.7. The van der Waals surface area contributed by atoms with Gasteiger partial charge in [0.25, 0.3) is 0 Å². The molecule has 1 amide bonds. The lowest BCUT2D eigenvalue weighted by Gasteiger charge is -2.21. The van der Waals surface area contributed by atoms with Crippen LogP contribution in [0, 0.1) is 5.92 Å². The Labute approximate surface area is 130 Å². The Hall–Kier alpha value is -0.710. The fourth-order valence-corrected chi connectivity index (χ4v) is 2.99. The number of thioether (sulfide) groups is 1. The molecular formula is C15H22ClNO2S. The fourth-order valence-electron chi connectivity index (χ4n) is 1.81. The highest BCUT2D eigenvalue weighted by Crippen LogP contribution is 2.26. The lowest BCUT2D eigenvalue weighted by atomic mass is 10.0. The van der Waals surface area contributed by atoms with E-state index in [0.717, 1.165) is 9.92 Å². The number of amides is 1. The van der Waals surface area contributed by atoms with Gasteiger partial charge in [0.1, 0.15) is 0 Å². The molecule has 112 valence electrons. The first-order chi connectivity index (χ1) is 9.54. The van der Waals surface area contributed by atoms with Gasteiger partial charge in [0.2, 0.25) is 5.91 Å². The molecule has 0 aromatic heterocycles. The molecule has 0 saturated carbocycles. The Kier molecular flexibility index (Phi) is 8.04. The molecule has 1 atom stereocenters. The summed E-state index contributed by atoms with van der Waals surface area (Å²) in [5.41, 5.74) is 0. The minimum Gasteiger partial charge on any atom is -0.396 e. The molecule has 2 N–H and O–H groups in total. The number of aliphatic hydroxyl groups is 1. The number of rotatable bonds is 8. The predicted molar refractivity (Wildman–Crippen MR) is 85.3 cm³/mol. The summed E-state index contributed by atoms with van der Waals surface area (Å²) < 4.78 is 0. The van der Waals surface area contributed by atoms with Crippen molar-refractivity contribution in [2.75, 3.05) is 12.4 Å². The van der Waals surface area contributed by atoms with Crippen molar-refractivity contribution in [3.8, 4) is 0 Å². The zero-order valence-corrected chi connectivity index (χ0v) is 13.5. The summed E-state index contributed by atoms with van der Waals surface area (Å²) in [6.07, 6.45) is 1.05. The van der Waals surface area contributed by atoms with Gasteiger partial charge in [-0.05, 0) is 24.5 Å². The van der Waals surface area contributed by atoms with E-state index in [1.54, 1.807) is 11.8 Å². The van der Waals surface area contributed by atoms with Gasteiger partial charge in [-0.3, -0.25) is 4.79 Å². The van der Waals surface area contributed by atoms with Crippen LogP contribution in [0.3, 0.4) is 0 Å². The molecular weight excluding hydrogens is 294 g/mol. The van der Waals surface area contributed by atoms with Gasteiger partial charge in [0.15, 0.2) is 0 Å². The van der Waals surface area contributed by atoms with Crippen LogP contribution in [0.1, 0.15) is 26.7 Å². The first kappa shape index (κ1) is 17.3. The first-order valence-electron chi connectivity index (χ1n) is 6.82. The molecule has 0 fully saturated rings. The van der Waals surface area contributed by atoms with Crippen molar-refractivity contribution in [2.24, 2.45) is 5.92 Å². The fraction of sp³-hybridized carbons (Fsp3) is 0.533. The van der Waals surface area contributed by atoms with Crippen molar-refractivity contribution < 1.29 is 9.90 Å². The average molecular weight is 316 g/mol. The molecule has 0 aliphatic rings. The number of nitrogens with one attached hydrogen (secondary N) is 1. The van der Waals surface area contributed by atoms with Crippen LogP contribution in [-0.4, -0.2) is 29.4 Å². The molecule has 0 aliphatic heterocycles. The number of hydrogen-bond acceptors (Lipinski definition) is 3. The van der Waals surface area contributed by atoms with Crippen LogP contribution < -0.4 is 5.32 Å². The topological polar surface area (TPSA) is 49.3 Å². The largest absolute Gasteiger partial charge is 0.396 e. The highest BCUT2D eigenvalue weighted by Gasteiger charge is 2.15. The van der Waals surface area contributed by atoms with E-state index in [9.17, 15) is 4.79 Å². The molecule has 5 heteroatoms. The first-order valence-corrected chi connectivity index (χ1v) is 8.18. The third-order valence-corrected chi connectivity index (χ3v) is 4.53. The van der Waals surface area contributed by atoms with Crippen LogP contribution in [-0.2, 0) is 4.79 Å². The molecule has 0 radical (unpaired) electrons. The summed E-state index contributed by atoms with van der Waals surface area (Å²) in [7, 11) is 0. The third-order valence-electron chi connectivity index (χ3n) is 3.01. The maximum atomic E-state index is 11.9. The van der Waals surface area contributed by atoms with E-state index >= 15 is 0 Å².